The smallest absolute Gasteiger partial charge is 0.305 e. The fourth-order valence-electron chi connectivity index (χ4n) is 12.6. The number of hydrogen-bond acceptors (Lipinski definition) is 5. The minimum absolute atomic E-state index is 0.00690. The number of rotatable bonds is 76. The van der Waals surface area contributed by atoms with Gasteiger partial charge in [0.25, 0.3) is 0 Å². The summed E-state index contributed by atoms with van der Waals surface area (Å²) in [6.07, 6.45) is 106. The molecule has 0 rings (SSSR count). The number of nitrogens with one attached hydrogen (secondary N) is 1. The molecular weight excluding hydrogens is 1100 g/mol. The van der Waals surface area contributed by atoms with Crippen molar-refractivity contribution in [3.63, 3.8) is 0 Å². The van der Waals surface area contributed by atoms with Crippen molar-refractivity contribution in [1.29, 1.82) is 0 Å². The van der Waals surface area contributed by atoms with E-state index in [0.29, 0.717) is 19.4 Å². The first-order valence-corrected chi connectivity index (χ1v) is 40.6. The van der Waals surface area contributed by atoms with Gasteiger partial charge in [0.1, 0.15) is 0 Å². The first-order chi connectivity index (χ1) is 44.5. The van der Waals surface area contributed by atoms with Crippen LogP contribution in [0.1, 0.15) is 438 Å². The number of unbranched alkanes of at least 4 members (excludes halogenated alkanes) is 57. The van der Waals surface area contributed by atoms with Crippen LogP contribution >= 0.6 is 0 Å². The molecule has 3 N–H and O–H groups in total. The third kappa shape index (κ3) is 74.6. The zero-order valence-corrected chi connectivity index (χ0v) is 60.6. The Labute approximate surface area is 562 Å². The highest BCUT2D eigenvalue weighted by molar-refractivity contribution is 5.76. The molecule has 0 aromatic heterocycles. The lowest BCUT2D eigenvalue weighted by molar-refractivity contribution is -0.143. The van der Waals surface area contributed by atoms with Gasteiger partial charge < -0.3 is 20.3 Å². The monoisotopic (exact) mass is 1260 g/mol. The largest absolute Gasteiger partial charge is 0.466 e. The molecule has 0 aromatic rings. The maximum atomic E-state index is 12.5. The lowest BCUT2D eigenvalue weighted by Crippen LogP contribution is -2.45. The predicted octanol–water partition coefficient (Wildman–Crippen LogP) is 26.9. The second-order valence-electron chi connectivity index (χ2n) is 27.7. The van der Waals surface area contributed by atoms with Crippen LogP contribution in [0.4, 0.5) is 0 Å². The van der Waals surface area contributed by atoms with Gasteiger partial charge in [-0.15, -0.1) is 0 Å². The Bertz CT molecular complexity index is 1550. The van der Waals surface area contributed by atoms with E-state index >= 15 is 0 Å². The van der Waals surface area contributed by atoms with E-state index in [2.05, 4.69) is 67.8 Å². The molecule has 2 unspecified atom stereocenters. The van der Waals surface area contributed by atoms with E-state index in [9.17, 15) is 19.8 Å². The Kier molecular flexibility index (Phi) is 76.9. The lowest BCUT2D eigenvalue weighted by atomic mass is 10.0. The van der Waals surface area contributed by atoms with Crippen LogP contribution in [0.3, 0.4) is 0 Å². The van der Waals surface area contributed by atoms with Crippen LogP contribution in [0.2, 0.25) is 0 Å². The third-order valence-electron chi connectivity index (χ3n) is 18.8. The van der Waals surface area contributed by atoms with Gasteiger partial charge in [0.2, 0.25) is 5.91 Å². The Morgan fingerprint density at radius 3 is 0.856 bits per heavy atom. The molecule has 0 aliphatic rings. The summed E-state index contributed by atoms with van der Waals surface area (Å²) in [6, 6.07) is -0.629. The summed E-state index contributed by atoms with van der Waals surface area (Å²) in [4.78, 5) is 24.7. The van der Waals surface area contributed by atoms with E-state index < -0.39 is 12.1 Å². The zero-order valence-electron chi connectivity index (χ0n) is 60.6. The van der Waals surface area contributed by atoms with Gasteiger partial charge in [-0.1, -0.05) is 389 Å². The topological polar surface area (TPSA) is 95.9 Å². The summed E-state index contributed by atoms with van der Waals surface area (Å²) in [5.41, 5.74) is 0. The van der Waals surface area contributed by atoms with Crippen LogP contribution < -0.4 is 5.32 Å². The van der Waals surface area contributed by atoms with Gasteiger partial charge in [0.05, 0.1) is 25.4 Å². The number of aliphatic hydroxyl groups is 2. The standard InChI is InChI=1S/C84H157NO5/c1-3-5-7-9-11-13-15-17-19-21-23-24-38-41-44-48-52-56-60-64-68-72-76-82(87)81(80-86)85-83(88)77-73-69-65-61-57-53-49-45-42-39-36-34-32-30-28-26-25-27-29-31-33-35-37-40-43-47-51-55-59-63-67-71-75-79-90-84(89)78-74-70-66-62-58-54-50-46-22-20-18-16-14-12-10-8-6-4-2/h14,16,20,22,29,31,35,37,72,76,81-82,86-87H,3-13,15,17-19,21,23-28,30,32-34,36,38-71,73-75,77-80H2,1-2H3,(H,85,88)/b16-14-,22-20-,31-29-,37-35-,76-72+. The van der Waals surface area contributed by atoms with Crippen LogP contribution in [0.25, 0.3) is 0 Å². The number of amides is 1. The van der Waals surface area contributed by atoms with Gasteiger partial charge in [-0.3, -0.25) is 9.59 Å². The van der Waals surface area contributed by atoms with E-state index in [1.165, 1.54) is 353 Å². The third-order valence-corrected chi connectivity index (χ3v) is 18.8. The lowest BCUT2D eigenvalue weighted by Gasteiger charge is -2.20. The molecule has 2 atom stereocenters. The number of esters is 1. The highest BCUT2D eigenvalue weighted by atomic mass is 16.5. The first-order valence-electron chi connectivity index (χ1n) is 40.6. The van der Waals surface area contributed by atoms with Crippen molar-refractivity contribution in [2.75, 3.05) is 13.2 Å². The van der Waals surface area contributed by atoms with Gasteiger partial charge in [0, 0.05) is 12.8 Å². The van der Waals surface area contributed by atoms with Crippen LogP contribution in [0.15, 0.2) is 60.8 Å². The molecule has 6 nitrogen and oxygen atoms in total. The van der Waals surface area contributed by atoms with Crippen molar-refractivity contribution in [3.05, 3.63) is 60.8 Å². The molecule has 0 saturated carbocycles. The number of hydrogen-bond donors (Lipinski definition) is 3. The van der Waals surface area contributed by atoms with E-state index in [1.54, 1.807) is 6.08 Å². The molecular formula is C84H157NO5. The number of ether oxygens (including phenoxy) is 1. The van der Waals surface area contributed by atoms with Gasteiger partial charge in [-0.2, -0.15) is 0 Å². The number of carbonyl (C=O) groups is 2. The molecule has 0 aliphatic carbocycles. The Hall–Kier alpha value is -2.44. The highest BCUT2D eigenvalue weighted by Gasteiger charge is 2.18. The number of aliphatic hydroxyl groups excluding tert-OH is 2. The quantitative estimate of drug-likeness (QED) is 0.0320. The van der Waals surface area contributed by atoms with Crippen molar-refractivity contribution >= 4 is 11.9 Å². The van der Waals surface area contributed by atoms with Crippen molar-refractivity contribution in [1.82, 2.24) is 5.32 Å². The summed E-state index contributed by atoms with van der Waals surface area (Å²) < 4.78 is 5.50. The summed E-state index contributed by atoms with van der Waals surface area (Å²) in [6.45, 7) is 4.92. The van der Waals surface area contributed by atoms with E-state index in [0.717, 1.165) is 57.8 Å². The molecule has 6 heteroatoms. The number of allylic oxidation sites excluding steroid dienone is 9. The van der Waals surface area contributed by atoms with Gasteiger partial charge in [0.15, 0.2) is 0 Å². The fraction of sp³-hybridized carbons (Fsp3) is 0.857. The van der Waals surface area contributed by atoms with Crippen molar-refractivity contribution < 1.29 is 24.5 Å². The maximum absolute atomic E-state index is 12.5. The first kappa shape index (κ1) is 87.6. The normalized spacial score (nSPS) is 12.8. The highest BCUT2D eigenvalue weighted by Crippen LogP contribution is 2.19. The molecule has 0 saturated heterocycles. The van der Waals surface area contributed by atoms with Crippen molar-refractivity contribution in [3.8, 4) is 0 Å². The van der Waals surface area contributed by atoms with Crippen molar-refractivity contribution in [2.24, 2.45) is 0 Å². The van der Waals surface area contributed by atoms with Gasteiger partial charge in [-0.25, -0.2) is 0 Å². The molecule has 0 radical (unpaired) electrons. The molecule has 1 amide bonds. The second kappa shape index (κ2) is 79.0. The number of carbonyl (C=O) groups excluding carboxylic acids is 2. The molecule has 0 heterocycles. The molecule has 528 valence electrons. The van der Waals surface area contributed by atoms with E-state index in [4.69, 9.17) is 4.74 Å². The minimum atomic E-state index is -0.846. The Morgan fingerprint density at radius 2 is 0.556 bits per heavy atom. The summed E-state index contributed by atoms with van der Waals surface area (Å²) in [7, 11) is 0. The van der Waals surface area contributed by atoms with Gasteiger partial charge in [-0.05, 0) is 96.3 Å². The average Bonchev–Trinajstić information content (AvgIpc) is 3.59. The molecule has 0 spiro atoms. The maximum Gasteiger partial charge on any atom is 0.305 e. The predicted molar refractivity (Wildman–Crippen MR) is 398 cm³/mol. The van der Waals surface area contributed by atoms with E-state index in [1.807, 2.05) is 6.08 Å². The molecule has 0 fully saturated rings. The van der Waals surface area contributed by atoms with Crippen LogP contribution in [-0.4, -0.2) is 47.4 Å². The van der Waals surface area contributed by atoms with Crippen LogP contribution in [0, 0.1) is 0 Å². The Balaban J connectivity index is 3.40. The molecule has 0 bridgehead atoms. The average molecular weight is 1260 g/mol. The van der Waals surface area contributed by atoms with Crippen LogP contribution in [0.5, 0.6) is 0 Å². The Morgan fingerprint density at radius 1 is 0.311 bits per heavy atom. The minimum Gasteiger partial charge on any atom is -0.466 e. The summed E-state index contributed by atoms with van der Waals surface area (Å²) in [5.74, 6) is -0.0552. The summed E-state index contributed by atoms with van der Waals surface area (Å²) >= 11 is 0. The molecule has 90 heavy (non-hydrogen) atoms. The fourth-order valence-corrected chi connectivity index (χ4v) is 12.6. The van der Waals surface area contributed by atoms with Gasteiger partial charge >= 0.3 is 5.97 Å². The van der Waals surface area contributed by atoms with Crippen molar-refractivity contribution in [2.45, 2.75) is 450 Å². The van der Waals surface area contributed by atoms with Crippen LogP contribution in [-0.2, 0) is 14.3 Å². The summed E-state index contributed by atoms with van der Waals surface area (Å²) in [5, 5.41) is 23.3. The van der Waals surface area contributed by atoms with E-state index in [-0.39, 0.29) is 18.5 Å². The molecule has 0 aromatic carbocycles. The zero-order chi connectivity index (χ0) is 64.9. The SMILES string of the molecule is CCCCCC/C=C\C/C=C\CCCCCCCCCC(=O)OCCCCCCCCCCC/C=C\C/C=C\CCCCCCCCCCCCCCCCCCCC(=O)NC(CO)C(O)/C=C/CCCCCCCCCCCCCCCCCCCCCC. The second-order valence-corrected chi connectivity index (χ2v) is 27.7. The molecule has 0 aliphatic heterocycles.